The Labute approximate surface area is 453 Å². The molecule has 2 fully saturated rings. The van der Waals surface area contributed by atoms with Crippen LogP contribution in [0, 0.1) is 5.92 Å². The highest BCUT2D eigenvalue weighted by molar-refractivity contribution is 6.26. The molecule has 0 aliphatic carbocycles. The molecule has 10 atom stereocenters. The zero-order chi connectivity index (χ0) is 53.6. The Morgan fingerprint density at radius 1 is 0.494 bits per heavy atom. The average Bonchev–Trinajstić information content (AvgIpc) is 3.47. The number of hydrogen-bond donors (Lipinski definition) is 1. The maximum atomic E-state index is 13.3. The summed E-state index contributed by atoms with van der Waals surface area (Å²) in [4.78, 5) is 39.6. The van der Waals surface area contributed by atoms with Crippen LogP contribution < -0.4 is 14.8 Å². The van der Waals surface area contributed by atoms with Crippen molar-refractivity contribution in [3.05, 3.63) is 198 Å². The Hall–Kier alpha value is -6.86. The Kier molecular flexibility index (Phi) is 21.7. The van der Waals surface area contributed by atoms with Crippen molar-refractivity contribution in [2.45, 2.75) is 88.5 Å². The summed E-state index contributed by atoms with van der Waals surface area (Å²) in [7, 11) is 1.57. The minimum absolute atomic E-state index is 0.0552. The molecule has 2 heterocycles. The molecule has 0 spiro atoms. The van der Waals surface area contributed by atoms with E-state index in [0.717, 1.165) is 22.3 Å². The Balaban J connectivity index is 1.12. The number of amides is 1. The zero-order valence-electron chi connectivity index (χ0n) is 42.9. The number of ether oxygens (including phenoxy) is 12. The number of para-hydroxylation sites is 1. The quantitative estimate of drug-likeness (QED) is 0.0309. The number of nitrogens with one attached hydrogen (secondary N) is 1. The van der Waals surface area contributed by atoms with E-state index in [1.807, 2.05) is 127 Å². The van der Waals surface area contributed by atoms with Crippen molar-refractivity contribution < 1.29 is 71.2 Å². The van der Waals surface area contributed by atoms with E-state index in [9.17, 15) is 14.4 Å². The topological polar surface area (TPSA) is 174 Å². The van der Waals surface area contributed by atoms with Gasteiger partial charge in [-0.15, -0.1) is 11.6 Å². The van der Waals surface area contributed by atoms with Crippen molar-refractivity contribution in [2.75, 3.05) is 44.7 Å². The van der Waals surface area contributed by atoms with E-state index < -0.39 is 85.0 Å². The first-order valence-corrected chi connectivity index (χ1v) is 26.0. The number of esters is 2. The number of carbonyl (C=O) groups is 3. The molecule has 0 aromatic heterocycles. The first-order valence-electron chi connectivity index (χ1n) is 25.4. The second-order valence-electron chi connectivity index (χ2n) is 18.3. The van der Waals surface area contributed by atoms with Crippen LogP contribution >= 0.6 is 11.6 Å². The van der Waals surface area contributed by atoms with E-state index in [1.54, 1.807) is 55.6 Å². The van der Waals surface area contributed by atoms with E-state index in [0.29, 0.717) is 17.2 Å². The first kappa shape index (κ1) is 56.3. The van der Waals surface area contributed by atoms with E-state index in [2.05, 4.69) is 5.32 Å². The lowest BCUT2D eigenvalue weighted by Gasteiger charge is -2.46. The smallest absolute Gasteiger partial charge is 0.411 e. The summed E-state index contributed by atoms with van der Waals surface area (Å²) in [5.41, 5.74) is 4.01. The van der Waals surface area contributed by atoms with E-state index in [-0.39, 0.29) is 52.9 Å². The summed E-state index contributed by atoms with van der Waals surface area (Å²) >= 11 is 6.08. The highest BCUT2D eigenvalue weighted by Crippen LogP contribution is 2.36. The van der Waals surface area contributed by atoms with Gasteiger partial charge in [-0.1, -0.05) is 140 Å². The van der Waals surface area contributed by atoms with Crippen molar-refractivity contribution in [3.8, 4) is 11.5 Å². The molecule has 1 N–H and O–H groups in total. The number of anilines is 1. The molecule has 2 aliphatic heterocycles. The molecule has 1 amide bonds. The number of alkyl halides is 1. The standard InChI is InChI=1S/C60H64ClNO15/c1-41(63)73-58-54(69-34-43-20-10-4-11-21-43)49(50(38-67-33-42-18-8-3-9-19-42)76-59(58)74-48-30-28-47(66-2)29-31-48)37-68-39-51-55(70-35-44-22-12-5-13-23-44)57(71-36-45-24-14-6-15-25-45)56(77-53(64)32-61)52(75-51)40-72-60(65)62-46-26-16-7-17-27-46/h3-31,49-52,54-59H,32-40H2,1-2H3,(H,62,65)/t49-,50-,51-,52-,54+,55+,56-,57-,58-,59-/m1/s1. The molecule has 16 nitrogen and oxygen atoms in total. The van der Waals surface area contributed by atoms with Gasteiger partial charge in [0.05, 0.1) is 59.5 Å². The van der Waals surface area contributed by atoms with E-state index >= 15 is 0 Å². The minimum atomic E-state index is -1.19. The van der Waals surface area contributed by atoms with Gasteiger partial charge in [-0.25, -0.2) is 4.79 Å². The van der Waals surface area contributed by atoms with Gasteiger partial charge in [0.1, 0.15) is 54.5 Å². The van der Waals surface area contributed by atoms with Gasteiger partial charge in [0.25, 0.3) is 0 Å². The molecule has 0 bridgehead atoms. The Morgan fingerprint density at radius 2 is 0.987 bits per heavy atom. The molecular weight excluding hydrogens is 1010 g/mol. The molecule has 2 aliphatic rings. The highest BCUT2D eigenvalue weighted by Gasteiger charge is 2.52. The zero-order valence-corrected chi connectivity index (χ0v) is 43.6. The molecule has 6 aromatic rings. The van der Waals surface area contributed by atoms with Crippen LogP contribution in [0.1, 0.15) is 29.2 Å². The third kappa shape index (κ3) is 17.1. The highest BCUT2D eigenvalue weighted by atomic mass is 35.5. The minimum Gasteiger partial charge on any atom is -0.497 e. The van der Waals surface area contributed by atoms with Crippen molar-refractivity contribution >= 4 is 35.3 Å². The van der Waals surface area contributed by atoms with Gasteiger partial charge < -0.3 is 56.8 Å². The van der Waals surface area contributed by atoms with Crippen LogP contribution in [-0.2, 0) is 83.4 Å². The van der Waals surface area contributed by atoms with Gasteiger partial charge in [0, 0.05) is 18.5 Å². The maximum absolute atomic E-state index is 13.3. The number of rotatable bonds is 26. The van der Waals surface area contributed by atoms with E-state index in [4.69, 9.17) is 68.4 Å². The molecule has 8 rings (SSSR count). The van der Waals surface area contributed by atoms with Crippen LogP contribution in [-0.4, -0.2) is 113 Å². The summed E-state index contributed by atoms with van der Waals surface area (Å²) in [5, 5.41) is 2.72. The lowest BCUT2D eigenvalue weighted by Crippen LogP contribution is -2.63. The molecule has 0 unspecified atom stereocenters. The molecule has 6 aromatic carbocycles. The molecular formula is C60H64ClNO15. The first-order chi connectivity index (χ1) is 37.7. The van der Waals surface area contributed by atoms with Gasteiger partial charge in [0.15, 0.2) is 12.2 Å². The van der Waals surface area contributed by atoms with Crippen LogP contribution in [0.4, 0.5) is 10.5 Å². The Bertz CT molecular complexity index is 2680. The van der Waals surface area contributed by atoms with Crippen LogP contribution in [0.3, 0.4) is 0 Å². The summed E-state index contributed by atoms with van der Waals surface area (Å²) in [6.45, 7) is 1.39. The lowest BCUT2D eigenvalue weighted by atomic mass is 9.89. The number of halogens is 1. The van der Waals surface area contributed by atoms with Gasteiger partial charge in [-0.3, -0.25) is 14.9 Å². The van der Waals surface area contributed by atoms with Gasteiger partial charge in [-0.05, 0) is 58.7 Å². The molecule has 0 radical (unpaired) electrons. The summed E-state index contributed by atoms with van der Waals surface area (Å²) in [5.74, 6) is -1.43. The van der Waals surface area contributed by atoms with Crippen molar-refractivity contribution in [3.63, 3.8) is 0 Å². The lowest BCUT2D eigenvalue weighted by molar-refractivity contribution is -0.291. The number of methoxy groups -OCH3 is 1. The van der Waals surface area contributed by atoms with Gasteiger partial charge in [0.2, 0.25) is 6.29 Å². The molecule has 0 saturated carbocycles. The fraction of sp³-hybridized carbons (Fsp3) is 0.350. The monoisotopic (exact) mass is 1070 g/mol. The maximum Gasteiger partial charge on any atom is 0.411 e. The number of hydrogen-bond acceptors (Lipinski definition) is 15. The third-order valence-corrected chi connectivity index (χ3v) is 13.0. The predicted octanol–water partition coefficient (Wildman–Crippen LogP) is 9.50. The second kappa shape index (κ2) is 29.6. The summed E-state index contributed by atoms with van der Waals surface area (Å²) in [6, 6.07) is 54.2. The molecule has 17 heteroatoms. The van der Waals surface area contributed by atoms with Gasteiger partial charge >= 0.3 is 18.0 Å². The van der Waals surface area contributed by atoms with Crippen LogP contribution in [0.15, 0.2) is 176 Å². The molecule has 406 valence electrons. The van der Waals surface area contributed by atoms with Gasteiger partial charge in [-0.2, -0.15) is 0 Å². The summed E-state index contributed by atoms with van der Waals surface area (Å²) in [6.07, 6.45) is -9.95. The van der Waals surface area contributed by atoms with Crippen molar-refractivity contribution in [2.24, 2.45) is 5.92 Å². The summed E-state index contributed by atoms with van der Waals surface area (Å²) < 4.78 is 76.9. The third-order valence-electron chi connectivity index (χ3n) is 12.8. The fourth-order valence-electron chi connectivity index (χ4n) is 9.04. The normalized spacial score (nSPS) is 23.0. The van der Waals surface area contributed by atoms with Crippen molar-refractivity contribution in [1.82, 2.24) is 0 Å². The van der Waals surface area contributed by atoms with E-state index in [1.165, 1.54) is 6.92 Å². The van der Waals surface area contributed by atoms with Crippen molar-refractivity contribution in [1.29, 1.82) is 0 Å². The predicted molar refractivity (Wildman–Crippen MR) is 284 cm³/mol. The largest absolute Gasteiger partial charge is 0.497 e. The molecule has 77 heavy (non-hydrogen) atoms. The number of benzene rings is 6. The van der Waals surface area contributed by atoms with Crippen LogP contribution in [0.5, 0.6) is 11.5 Å². The fourth-order valence-corrected chi connectivity index (χ4v) is 9.10. The SMILES string of the molecule is COc1ccc(O[C@@H]2O[C@H](COCc3ccccc3)[C@@H](COC[C@H]3O[C@H](COC(=O)Nc4ccccc4)[C@@H](OC(=O)CCl)[C@H](OCc4ccccc4)[C@H]3OCc3ccccc3)[C@H](OCc3ccccc3)[C@H]2OC(C)=O)cc1. The Morgan fingerprint density at radius 3 is 1.53 bits per heavy atom. The average molecular weight is 1070 g/mol. The second-order valence-corrected chi connectivity index (χ2v) is 18.6. The van der Waals surface area contributed by atoms with Crippen LogP contribution in [0.25, 0.3) is 0 Å². The van der Waals surface area contributed by atoms with Crippen LogP contribution in [0.2, 0.25) is 0 Å². The molecule has 2 saturated heterocycles. The number of carbonyl (C=O) groups excluding carboxylic acids is 3.